The van der Waals surface area contributed by atoms with Crippen molar-refractivity contribution in [3.8, 4) is 11.5 Å². The lowest BCUT2D eigenvalue weighted by Gasteiger charge is -2.35. The van der Waals surface area contributed by atoms with Crippen LogP contribution >= 0.6 is 0 Å². The summed E-state index contributed by atoms with van der Waals surface area (Å²) >= 11 is 0. The molecule has 0 bridgehead atoms. The topological polar surface area (TPSA) is 88.5 Å². The lowest BCUT2D eigenvalue weighted by molar-refractivity contribution is -0.145. The van der Waals surface area contributed by atoms with Crippen molar-refractivity contribution in [2.75, 3.05) is 26.4 Å². The van der Waals surface area contributed by atoms with Gasteiger partial charge in [0, 0.05) is 19.0 Å². The number of ether oxygens (including phenoxy) is 3. The van der Waals surface area contributed by atoms with Gasteiger partial charge in [-0.3, -0.25) is 4.90 Å². The van der Waals surface area contributed by atoms with Gasteiger partial charge in [-0.25, -0.2) is 4.79 Å². The van der Waals surface area contributed by atoms with Crippen molar-refractivity contribution < 1.29 is 29.2 Å². The minimum Gasteiger partial charge on any atom is -0.491 e. The Morgan fingerprint density at radius 2 is 1.47 bits per heavy atom. The molecule has 0 fully saturated rings. The summed E-state index contributed by atoms with van der Waals surface area (Å²) in [6.07, 6.45) is 0.506. The summed E-state index contributed by atoms with van der Waals surface area (Å²) in [4.78, 5) is 13.4. The highest BCUT2D eigenvalue weighted by Gasteiger charge is 2.25. The maximum Gasteiger partial charge on any atom is 0.344 e. The minimum atomic E-state index is -0.765. The van der Waals surface area contributed by atoms with Gasteiger partial charge in [0.25, 0.3) is 0 Å². The van der Waals surface area contributed by atoms with Gasteiger partial charge >= 0.3 is 5.97 Å². The molecule has 38 heavy (non-hydrogen) atoms. The molecule has 0 aliphatic heterocycles. The maximum absolute atomic E-state index is 11.5. The van der Waals surface area contributed by atoms with Gasteiger partial charge in [-0.15, -0.1) is 0 Å². The summed E-state index contributed by atoms with van der Waals surface area (Å²) < 4.78 is 16.1. The van der Waals surface area contributed by atoms with Crippen LogP contribution in [0.2, 0.25) is 0 Å². The van der Waals surface area contributed by atoms with E-state index in [0.717, 1.165) is 24.0 Å². The molecule has 0 heterocycles. The molecule has 0 saturated heterocycles. The average Bonchev–Trinajstić information content (AvgIpc) is 2.94. The Morgan fingerprint density at radius 1 is 0.842 bits per heavy atom. The number of rotatable bonds is 16. The number of aliphatic hydroxyl groups excluding tert-OH is 2. The van der Waals surface area contributed by atoms with Crippen LogP contribution in [-0.2, 0) is 22.4 Å². The fraction of sp³-hybridized carbons (Fsp3) is 0.387. The van der Waals surface area contributed by atoms with Crippen molar-refractivity contribution in [1.82, 2.24) is 4.90 Å². The first kappa shape index (κ1) is 29.2. The molecule has 0 saturated carbocycles. The van der Waals surface area contributed by atoms with Gasteiger partial charge in [0.15, 0.2) is 6.61 Å². The van der Waals surface area contributed by atoms with Gasteiger partial charge in [0.2, 0.25) is 0 Å². The zero-order chi connectivity index (χ0) is 27.2. The van der Waals surface area contributed by atoms with Crippen LogP contribution in [0.4, 0.5) is 0 Å². The highest BCUT2D eigenvalue weighted by atomic mass is 16.6. The van der Waals surface area contributed by atoms with E-state index in [1.165, 1.54) is 0 Å². The predicted molar refractivity (Wildman–Crippen MR) is 147 cm³/mol. The molecule has 0 radical (unpaired) electrons. The van der Waals surface area contributed by atoms with Gasteiger partial charge in [-0.05, 0) is 62.1 Å². The highest BCUT2D eigenvalue weighted by molar-refractivity contribution is 5.71. The third-order valence-electron chi connectivity index (χ3n) is 6.25. The molecule has 0 amide bonds. The standard InChI is InChI=1S/C31H39NO6/c1-3-36-31(35)23-38-29-18-16-25(17-19-29)15-14-24(2)32(30(34)20-26-10-6-4-7-11-26)21-27(33)22-37-28-12-8-5-9-13-28/h4-13,16-19,24,27,30,33-34H,3,14-15,20-23H2,1-2H3/t24-,27+,30-/m1/s1. The van der Waals surface area contributed by atoms with E-state index >= 15 is 0 Å². The summed E-state index contributed by atoms with van der Waals surface area (Å²) in [5.41, 5.74) is 2.15. The van der Waals surface area contributed by atoms with Gasteiger partial charge in [0.05, 0.1) is 6.61 Å². The Balaban J connectivity index is 1.57. The Kier molecular flexibility index (Phi) is 12.1. The van der Waals surface area contributed by atoms with Crippen LogP contribution in [0.1, 0.15) is 31.4 Å². The normalized spacial score (nSPS) is 13.5. The van der Waals surface area contributed by atoms with Gasteiger partial charge < -0.3 is 24.4 Å². The first-order valence-corrected chi connectivity index (χ1v) is 13.2. The first-order valence-electron chi connectivity index (χ1n) is 13.2. The average molecular weight is 522 g/mol. The predicted octanol–water partition coefficient (Wildman–Crippen LogP) is 4.25. The molecular formula is C31H39NO6. The number of hydrogen-bond acceptors (Lipinski definition) is 7. The lowest BCUT2D eigenvalue weighted by Crippen LogP contribution is -2.48. The molecule has 0 aliphatic rings. The van der Waals surface area contributed by atoms with Crippen LogP contribution in [0.3, 0.4) is 0 Å². The molecule has 3 aromatic rings. The SMILES string of the molecule is CCOC(=O)COc1ccc(CC[C@@H](C)N(C[C@H](O)COc2ccccc2)[C@H](O)Cc2ccccc2)cc1. The Morgan fingerprint density at radius 3 is 2.13 bits per heavy atom. The number of hydrogen-bond donors (Lipinski definition) is 2. The second-order valence-electron chi connectivity index (χ2n) is 9.27. The number of benzene rings is 3. The monoisotopic (exact) mass is 521 g/mol. The summed E-state index contributed by atoms with van der Waals surface area (Å²) in [6, 6.07) is 26.9. The molecule has 0 unspecified atom stereocenters. The van der Waals surface area contributed by atoms with Crippen molar-refractivity contribution in [2.45, 2.75) is 51.5 Å². The molecule has 0 spiro atoms. The second kappa shape index (κ2) is 15.8. The number of esters is 1. The molecule has 7 heteroatoms. The van der Waals surface area contributed by atoms with E-state index in [9.17, 15) is 15.0 Å². The Bertz CT molecular complexity index is 1060. The number of aryl methyl sites for hydroxylation is 1. The Labute approximate surface area is 225 Å². The van der Waals surface area contributed by atoms with E-state index in [2.05, 4.69) is 6.92 Å². The number of carbonyl (C=O) groups excluding carboxylic acids is 1. The highest BCUT2D eigenvalue weighted by Crippen LogP contribution is 2.18. The van der Waals surface area contributed by atoms with Gasteiger partial charge in [0.1, 0.15) is 30.4 Å². The molecule has 3 aromatic carbocycles. The molecule has 0 aliphatic carbocycles. The smallest absolute Gasteiger partial charge is 0.344 e. The van der Waals surface area contributed by atoms with Crippen molar-refractivity contribution in [2.24, 2.45) is 0 Å². The zero-order valence-corrected chi connectivity index (χ0v) is 22.2. The quantitative estimate of drug-likeness (QED) is 0.215. The summed E-state index contributed by atoms with van der Waals surface area (Å²) in [5.74, 6) is 0.915. The fourth-order valence-electron chi connectivity index (χ4n) is 4.18. The van der Waals surface area contributed by atoms with Crippen molar-refractivity contribution in [3.05, 3.63) is 96.1 Å². The van der Waals surface area contributed by atoms with Gasteiger partial charge in [-0.2, -0.15) is 0 Å². The number of para-hydroxylation sites is 1. The molecule has 2 N–H and O–H groups in total. The summed E-state index contributed by atoms with van der Waals surface area (Å²) in [5, 5.41) is 21.9. The summed E-state index contributed by atoms with van der Waals surface area (Å²) in [6.45, 7) is 4.45. The number of nitrogens with zero attached hydrogens (tertiary/aromatic N) is 1. The van der Waals surface area contributed by atoms with E-state index in [1.807, 2.05) is 89.8 Å². The van der Waals surface area contributed by atoms with Crippen LogP contribution in [0.15, 0.2) is 84.9 Å². The number of carbonyl (C=O) groups is 1. The molecule has 7 nitrogen and oxygen atoms in total. The van der Waals surface area contributed by atoms with Crippen molar-refractivity contribution in [1.29, 1.82) is 0 Å². The van der Waals surface area contributed by atoms with E-state index in [4.69, 9.17) is 14.2 Å². The third kappa shape index (κ3) is 10.2. The van der Waals surface area contributed by atoms with E-state index in [-0.39, 0.29) is 25.8 Å². The Hall–Kier alpha value is -3.39. The molecule has 3 atom stereocenters. The van der Waals surface area contributed by atoms with Crippen LogP contribution in [-0.4, -0.2) is 65.8 Å². The van der Waals surface area contributed by atoms with E-state index < -0.39 is 18.3 Å². The zero-order valence-electron chi connectivity index (χ0n) is 22.2. The van der Waals surface area contributed by atoms with Crippen molar-refractivity contribution >= 4 is 5.97 Å². The lowest BCUT2D eigenvalue weighted by atomic mass is 10.0. The van der Waals surface area contributed by atoms with Crippen LogP contribution in [0.5, 0.6) is 11.5 Å². The molecule has 0 aromatic heterocycles. The van der Waals surface area contributed by atoms with E-state index in [1.54, 1.807) is 6.92 Å². The largest absolute Gasteiger partial charge is 0.491 e. The fourth-order valence-corrected chi connectivity index (χ4v) is 4.18. The van der Waals surface area contributed by atoms with Crippen molar-refractivity contribution in [3.63, 3.8) is 0 Å². The maximum atomic E-state index is 11.5. The van der Waals surface area contributed by atoms with Crippen LogP contribution < -0.4 is 9.47 Å². The second-order valence-corrected chi connectivity index (χ2v) is 9.27. The van der Waals surface area contributed by atoms with Gasteiger partial charge in [-0.1, -0.05) is 60.7 Å². The number of aliphatic hydroxyl groups is 2. The summed E-state index contributed by atoms with van der Waals surface area (Å²) in [7, 11) is 0. The third-order valence-corrected chi connectivity index (χ3v) is 6.25. The molecular weight excluding hydrogens is 482 g/mol. The molecule has 3 rings (SSSR count). The first-order chi connectivity index (χ1) is 18.4. The molecule has 204 valence electrons. The van der Waals surface area contributed by atoms with E-state index in [0.29, 0.717) is 24.5 Å². The minimum absolute atomic E-state index is 0.000159. The van der Waals surface area contributed by atoms with Crippen LogP contribution in [0, 0.1) is 0 Å². The van der Waals surface area contributed by atoms with Crippen LogP contribution in [0.25, 0.3) is 0 Å².